The summed E-state index contributed by atoms with van der Waals surface area (Å²) in [5.41, 5.74) is 0.995. The minimum absolute atomic E-state index is 0.00983. The molecule has 0 aliphatic heterocycles. The van der Waals surface area contributed by atoms with Crippen LogP contribution in [0.25, 0.3) is 0 Å². The fourth-order valence-electron chi connectivity index (χ4n) is 4.30. The highest BCUT2D eigenvalue weighted by Crippen LogP contribution is 2.33. The van der Waals surface area contributed by atoms with Crippen molar-refractivity contribution in [2.24, 2.45) is 5.92 Å². The molecule has 0 spiro atoms. The van der Waals surface area contributed by atoms with Crippen LogP contribution in [0.1, 0.15) is 64.5 Å². The van der Waals surface area contributed by atoms with Gasteiger partial charge < -0.3 is 10.2 Å². The van der Waals surface area contributed by atoms with E-state index in [1.165, 1.54) is 36.3 Å². The van der Waals surface area contributed by atoms with Gasteiger partial charge in [0.1, 0.15) is 11.9 Å². The Morgan fingerprint density at radius 1 is 1.10 bits per heavy atom. The van der Waals surface area contributed by atoms with Gasteiger partial charge in [-0.2, -0.15) is 0 Å². The summed E-state index contributed by atoms with van der Waals surface area (Å²) < 4.78 is 13.4. The first-order valence-electron chi connectivity index (χ1n) is 10.7. The van der Waals surface area contributed by atoms with Gasteiger partial charge in [0.05, 0.1) is 6.54 Å². The van der Waals surface area contributed by atoms with E-state index in [1.807, 2.05) is 0 Å². The second kappa shape index (κ2) is 10.7. The van der Waals surface area contributed by atoms with Crippen LogP contribution in [0, 0.1) is 11.7 Å². The van der Waals surface area contributed by atoms with Crippen molar-refractivity contribution in [3.05, 3.63) is 35.6 Å². The van der Waals surface area contributed by atoms with Gasteiger partial charge in [-0.05, 0) is 63.1 Å². The zero-order valence-electron chi connectivity index (χ0n) is 18.5. The van der Waals surface area contributed by atoms with Gasteiger partial charge in [0.15, 0.2) is 0 Å². The highest BCUT2D eigenvalue weighted by Gasteiger charge is 2.31. The maximum absolute atomic E-state index is 13.4. The van der Waals surface area contributed by atoms with Crippen LogP contribution in [0.2, 0.25) is 0 Å². The Morgan fingerprint density at radius 2 is 1.69 bits per heavy atom. The average Bonchev–Trinajstić information content (AvgIpc) is 2.71. The SMILES string of the molecule is CCC1CCC(N(CC(=O)N[C@@H](C)C(=O)N(C)C)[C@H](C)c2ccc(F)cc2)CC1. The molecule has 1 N–H and O–H groups in total. The molecule has 2 atom stereocenters. The van der Waals surface area contributed by atoms with E-state index in [0.29, 0.717) is 6.04 Å². The Labute approximate surface area is 174 Å². The van der Waals surface area contributed by atoms with Crippen molar-refractivity contribution in [1.29, 1.82) is 0 Å². The number of carbonyl (C=O) groups excluding carboxylic acids is 2. The maximum Gasteiger partial charge on any atom is 0.244 e. The van der Waals surface area contributed by atoms with E-state index < -0.39 is 6.04 Å². The summed E-state index contributed by atoms with van der Waals surface area (Å²) in [7, 11) is 3.36. The van der Waals surface area contributed by atoms with Crippen LogP contribution < -0.4 is 5.32 Å². The molecule has 1 fully saturated rings. The zero-order valence-corrected chi connectivity index (χ0v) is 18.5. The largest absolute Gasteiger partial charge is 0.347 e. The zero-order chi connectivity index (χ0) is 21.6. The van der Waals surface area contributed by atoms with Gasteiger partial charge in [-0.1, -0.05) is 25.5 Å². The van der Waals surface area contributed by atoms with E-state index >= 15 is 0 Å². The molecule has 1 aliphatic rings. The summed E-state index contributed by atoms with van der Waals surface area (Å²) in [5, 5.41) is 2.83. The number of hydrogen-bond donors (Lipinski definition) is 1. The number of likely N-dealkylation sites (N-methyl/N-ethyl adjacent to an activating group) is 1. The molecule has 0 unspecified atom stereocenters. The molecule has 0 bridgehead atoms. The number of rotatable bonds is 8. The number of carbonyl (C=O) groups is 2. The lowest BCUT2D eigenvalue weighted by atomic mass is 9.83. The predicted molar refractivity (Wildman–Crippen MR) is 114 cm³/mol. The predicted octanol–water partition coefficient (Wildman–Crippen LogP) is 3.75. The average molecular weight is 406 g/mol. The van der Waals surface area contributed by atoms with Gasteiger partial charge in [-0.3, -0.25) is 14.5 Å². The van der Waals surface area contributed by atoms with Crippen molar-refractivity contribution in [1.82, 2.24) is 15.1 Å². The lowest BCUT2D eigenvalue weighted by Gasteiger charge is -2.40. The van der Waals surface area contributed by atoms with E-state index in [0.717, 1.165) is 24.3 Å². The smallest absolute Gasteiger partial charge is 0.244 e. The highest BCUT2D eigenvalue weighted by molar-refractivity contribution is 5.87. The molecule has 2 amide bonds. The molecule has 1 saturated carbocycles. The quantitative estimate of drug-likeness (QED) is 0.717. The third-order valence-corrected chi connectivity index (χ3v) is 6.23. The summed E-state index contributed by atoms with van der Waals surface area (Å²) >= 11 is 0. The number of benzene rings is 1. The Kier molecular flexibility index (Phi) is 8.62. The molecule has 0 aromatic heterocycles. The number of amides is 2. The standard InChI is InChI=1S/C23H36FN3O2/c1-6-18-7-13-21(14-8-18)27(17(3)19-9-11-20(24)12-10-19)15-22(28)25-16(2)23(29)26(4)5/h9-12,16-18,21H,6-8,13-15H2,1-5H3,(H,25,28)/t16-,17+,18?,21?/m0/s1. The van der Waals surface area contributed by atoms with Crippen LogP contribution in [0.15, 0.2) is 24.3 Å². The van der Waals surface area contributed by atoms with Crippen LogP contribution in [0.3, 0.4) is 0 Å². The number of halogens is 1. The van der Waals surface area contributed by atoms with E-state index in [4.69, 9.17) is 0 Å². The van der Waals surface area contributed by atoms with E-state index in [2.05, 4.69) is 24.1 Å². The molecular weight excluding hydrogens is 369 g/mol. The molecule has 1 aliphatic carbocycles. The molecule has 6 heteroatoms. The molecule has 0 radical (unpaired) electrons. The molecule has 1 aromatic carbocycles. The van der Waals surface area contributed by atoms with E-state index in [9.17, 15) is 14.0 Å². The molecule has 162 valence electrons. The fraction of sp³-hybridized carbons (Fsp3) is 0.652. The molecule has 29 heavy (non-hydrogen) atoms. The van der Waals surface area contributed by atoms with Gasteiger partial charge in [-0.15, -0.1) is 0 Å². The number of hydrogen-bond acceptors (Lipinski definition) is 3. The Hall–Kier alpha value is -1.95. The first-order valence-corrected chi connectivity index (χ1v) is 10.7. The topological polar surface area (TPSA) is 52.7 Å². The van der Waals surface area contributed by atoms with Crippen molar-refractivity contribution in [2.45, 2.75) is 71.0 Å². The van der Waals surface area contributed by atoms with Gasteiger partial charge >= 0.3 is 0 Å². The van der Waals surface area contributed by atoms with Gasteiger partial charge in [0.2, 0.25) is 11.8 Å². The van der Waals surface area contributed by atoms with Gasteiger partial charge in [-0.25, -0.2) is 4.39 Å². The van der Waals surface area contributed by atoms with Gasteiger partial charge in [0.25, 0.3) is 0 Å². The number of nitrogens with one attached hydrogen (secondary N) is 1. The van der Waals surface area contributed by atoms with Gasteiger partial charge in [0, 0.05) is 26.2 Å². The highest BCUT2D eigenvalue weighted by atomic mass is 19.1. The fourth-order valence-corrected chi connectivity index (χ4v) is 4.30. The second-order valence-corrected chi connectivity index (χ2v) is 8.50. The first kappa shape index (κ1) is 23.3. The van der Waals surface area contributed by atoms with Crippen molar-refractivity contribution in [2.75, 3.05) is 20.6 Å². The lowest BCUT2D eigenvalue weighted by Crippen LogP contribution is -2.50. The van der Waals surface area contributed by atoms with E-state index in [-0.39, 0.29) is 30.2 Å². The Bertz CT molecular complexity index is 669. The summed E-state index contributed by atoms with van der Waals surface area (Å²) in [6.45, 7) is 6.24. The Balaban J connectivity index is 2.12. The third kappa shape index (κ3) is 6.53. The van der Waals surface area contributed by atoms with Crippen molar-refractivity contribution >= 4 is 11.8 Å². The maximum atomic E-state index is 13.4. The molecule has 1 aromatic rings. The molecular formula is C23H36FN3O2. The Morgan fingerprint density at radius 3 is 2.21 bits per heavy atom. The minimum atomic E-state index is -0.559. The van der Waals surface area contributed by atoms with Crippen molar-refractivity contribution in [3.8, 4) is 0 Å². The van der Waals surface area contributed by atoms with Crippen LogP contribution in [0.5, 0.6) is 0 Å². The second-order valence-electron chi connectivity index (χ2n) is 8.50. The van der Waals surface area contributed by atoms with E-state index in [1.54, 1.807) is 33.2 Å². The normalized spacial score (nSPS) is 21.5. The summed E-state index contributed by atoms with van der Waals surface area (Å²) in [5.74, 6) is 0.227. The summed E-state index contributed by atoms with van der Waals surface area (Å²) in [6, 6.07) is 6.26. The molecule has 0 heterocycles. The van der Waals surface area contributed by atoms with Crippen molar-refractivity contribution < 1.29 is 14.0 Å². The van der Waals surface area contributed by atoms with Crippen LogP contribution in [0.4, 0.5) is 4.39 Å². The molecule has 5 nitrogen and oxygen atoms in total. The summed E-state index contributed by atoms with van der Waals surface area (Å²) in [6.07, 6.45) is 5.66. The molecule has 2 rings (SSSR count). The van der Waals surface area contributed by atoms with Crippen molar-refractivity contribution in [3.63, 3.8) is 0 Å². The monoisotopic (exact) mass is 405 g/mol. The minimum Gasteiger partial charge on any atom is -0.347 e. The van der Waals surface area contributed by atoms with Crippen LogP contribution >= 0.6 is 0 Å². The van der Waals surface area contributed by atoms with Crippen LogP contribution in [-0.2, 0) is 9.59 Å². The summed E-state index contributed by atoms with van der Waals surface area (Å²) in [4.78, 5) is 28.6. The first-order chi connectivity index (χ1) is 13.7. The lowest BCUT2D eigenvalue weighted by molar-refractivity contribution is -0.134. The van der Waals surface area contributed by atoms with Crippen LogP contribution in [-0.4, -0.2) is 54.3 Å². The number of nitrogens with zero attached hydrogens (tertiary/aromatic N) is 2. The third-order valence-electron chi connectivity index (χ3n) is 6.23. The molecule has 0 saturated heterocycles.